The Hall–Kier alpha value is -3.67. The van der Waals surface area contributed by atoms with Crippen LogP contribution in [0.1, 0.15) is 141 Å². The molecule has 7 rings (SSSR count). The number of fused-ring (bicyclic) bond motifs is 2. The molecule has 0 amide bonds. The van der Waals surface area contributed by atoms with Gasteiger partial charge >= 0.3 is 0 Å². The molecule has 0 unspecified atom stereocenters. The van der Waals surface area contributed by atoms with Crippen LogP contribution in [0.2, 0.25) is 25.2 Å². The van der Waals surface area contributed by atoms with Crippen LogP contribution in [-0.2, 0) is 35.7 Å². The van der Waals surface area contributed by atoms with Crippen molar-refractivity contribution in [2.24, 2.45) is 11.8 Å². The second-order valence-corrected chi connectivity index (χ2v) is 27.9. The average Bonchev–Trinajstić information content (AvgIpc) is 3.59. The van der Waals surface area contributed by atoms with Crippen molar-refractivity contribution in [3.05, 3.63) is 125 Å². The minimum absolute atomic E-state index is 0. The zero-order valence-corrected chi connectivity index (χ0v) is 46.2. The van der Waals surface area contributed by atoms with Crippen molar-refractivity contribution in [3.63, 3.8) is 0 Å². The predicted molar refractivity (Wildman–Crippen MR) is 282 cm³/mol. The number of hydrogen-bond donors (Lipinski definition) is 1. The second kappa shape index (κ2) is 21.5. The van der Waals surface area contributed by atoms with Gasteiger partial charge in [0.2, 0.25) is 0 Å². The number of allylic oxidation sites excluding steroid dienone is 2. The summed E-state index contributed by atoms with van der Waals surface area (Å²) in [4.78, 5) is 18.1. The maximum Gasteiger partial charge on any atom is 0.162 e. The SMILES string of the molecule is CCC(CC)C(=O)/C=C(\O)C(CC)CC.Cc1cc(-c2cc(C(C)(C)C)cc(C(C)(C)C)c2)ccc1-c1sc2c(-c3[c-]c4ccccc4c(C4CC[Si](C)(C)CC4)c3)nccc2c1C.[Ir]. The predicted octanol–water partition coefficient (Wildman–Crippen LogP) is 17.9. The van der Waals surface area contributed by atoms with Gasteiger partial charge in [-0.15, -0.1) is 40.5 Å². The van der Waals surface area contributed by atoms with Gasteiger partial charge in [0.1, 0.15) is 0 Å². The number of aryl methyl sites for hydroxylation is 2. The molecule has 3 heterocycles. The maximum absolute atomic E-state index is 11.7. The first kappa shape index (κ1) is 52.3. The van der Waals surface area contributed by atoms with Crippen molar-refractivity contribution >= 4 is 46.1 Å². The molecule has 6 aromatic rings. The standard InChI is InChI=1S/C46H52NSSi.C13H24O2.Ir/c1-29-23-32(34-25-36(45(3,4)5)28-37(26-34)46(6,7)8)15-16-38(29)43-30(2)39-17-20-47-42(44(39)48-43)35-24-33-13-11-12-14-40(33)41(27-35)31-18-21-49(9,10)22-19-31;1-5-10(6-2)12(14)9-13(15)11(7-3)8-4;/h11-17,20,23,25-28,31H,18-19,21-22H2,1-10H3;9-11,14H,5-8H2,1-4H3;/q-1;;/b;12-9-;. The van der Waals surface area contributed by atoms with Gasteiger partial charge in [-0.25, -0.2) is 0 Å². The molecule has 1 aliphatic rings. The van der Waals surface area contributed by atoms with Gasteiger partial charge in [0.05, 0.1) is 5.76 Å². The van der Waals surface area contributed by atoms with Crippen molar-refractivity contribution in [2.75, 3.05) is 0 Å². The molecule has 6 heteroatoms. The Labute approximate surface area is 411 Å². The molecule has 1 saturated heterocycles. The number of benzene rings is 4. The van der Waals surface area contributed by atoms with Crippen LogP contribution < -0.4 is 0 Å². The van der Waals surface area contributed by atoms with Crippen molar-refractivity contribution < 1.29 is 30.0 Å². The van der Waals surface area contributed by atoms with Gasteiger partial charge in [-0.2, -0.15) is 0 Å². The van der Waals surface area contributed by atoms with Crippen LogP contribution in [0, 0.1) is 31.7 Å². The van der Waals surface area contributed by atoms with E-state index in [1.54, 1.807) is 0 Å². The number of carbonyl (C=O) groups is 1. The van der Waals surface area contributed by atoms with Crippen LogP contribution in [0.4, 0.5) is 0 Å². The van der Waals surface area contributed by atoms with Crippen molar-refractivity contribution in [1.29, 1.82) is 0 Å². The number of thiophene rings is 1. The minimum Gasteiger partial charge on any atom is -0.512 e. The van der Waals surface area contributed by atoms with E-state index in [2.05, 4.69) is 147 Å². The number of carbonyl (C=O) groups excluding carboxylic acids is 1. The fraction of sp³-hybridized carbons (Fsp3) is 0.458. The third-order valence-electron chi connectivity index (χ3n) is 14.2. The van der Waals surface area contributed by atoms with Crippen LogP contribution in [-0.4, -0.2) is 23.9 Å². The van der Waals surface area contributed by atoms with Gasteiger partial charge in [-0.3, -0.25) is 9.78 Å². The number of rotatable bonds is 11. The Morgan fingerprint density at radius 3 is 1.97 bits per heavy atom. The molecule has 0 spiro atoms. The van der Waals surface area contributed by atoms with Crippen molar-refractivity contribution in [2.45, 2.75) is 164 Å². The summed E-state index contributed by atoms with van der Waals surface area (Å²) in [5.41, 5.74) is 13.2. The van der Waals surface area contributed by atoms with Crippen molar-refractivity contribution in [1.82, 2.24) is 4.98 Å². The molecule has 349 valence electrons. The van der Waals surface area contributed by atoms with Crippen molar-refractivity contribution in [3.8, 4) is 32.8 Å². The van der Waals surface area contributed by atoms with Crippen LogP contribution in [0.25, 0.3) is 53.7 Å². The normalized spacial score (nSPS) is 14.7. The Kier molecular flexibility index (Phi) is 17.3. The van der Waals surface area contributed by atoms with E-state index in [0.29, 0.717) is 5.92 Å². The zero-order chi connectivity index (χ0) is 46.7. The van der Waals surface area contributed by atoms with E-state index in [-0.39, 0.29) is 54.3 Å². The third-order valence-corrected chi connectivity index (χ3v) is 18.9. The molecular formula is C59H76IrNO2SSi-. The van der Waals surface area contributed by atoms with Gasteiger partial charge in [0.15, 0.2) is 5.78 Å². The van der Waals surface area contributed by atoms with Crippen LogP contribution in [0.5, 0.6) is 0 Å². The summed E-state index contributed by atoms with van der Waals surface area (Å²) in [6.07, 6.45) is 9.52. The summed E-state index contributed by atoms with van der Waals surface area (Å²) in [5, 5.41) is 13.6. The number of hydrogen-bond acceptors (Lipinski definition) is 4. The molecule has 1 radical (unpaired) electrons. The minimum atomic E-state index is -1.05. The summed E-state index contributed by atoms with van der Waals surface area (Å²) in [6, 6.07) is 34.5. The molecule has 0 saturated carbocycles. The Morgan fingerprint density at radius 2 is 1.40 bits per heavy atom. The van der Waals surface area contributed by atoms with Crippen LogP contribution in [0.15, 0.2) is 90.8 Å². The fourth-order valence-electron chi connectivity index (χ4n) is 9.57. The number of aromatic nitrogens is 1. The van der Waals surface area contributed by atoms with E-state index in [0.717, 1.165) is 36.9 Å². The monoisotopic (exact) mass is 1080 g/mol. The molecule has 1 aliphatic heterocycles. The van der Waals surface area contributed by atoms with Gasteiger partial charge in [-0.1, -0.05) is 160 Å². The fourth-order valence-corrected chi connectivity index (χ4v) is 13.5. The van der Waals surface area contributed by atoms with Crippen LogP contribution >= 0.6 is 11.3 Å². The quantitative estimate of drug-likeness (QED) is 0.0609. The van der Waals surface area contributed by atoms with E-state index < -0.39 is 8.07 Å². The molecule has 1 fully saturated rings. The first-order chi connectivity index (χ1) is 30.2. The average molecular weight is 1080 g/mol. The van der Waals surface area contributed by atoms with E-state index >= 15 is 0 Å². The van der Waals surface area contributed by atoms with E-state index in [1.165, 1.54) is 101 Å². The number of pyridine rings is 1. The third kappa shape index (κ3) is 12.1. The van der Waals surface area contributed by atoms with Crippen LogP contribution in [0.3, 0.4) is 0 Å². The first-order valence-electron chi connectivity index (χ1n) is 24.2. The van der Waals surface area contributed by atoms with Gasteiger partial charge in [0.25, 0.3) is 0 Å². The Bertz CT molecular complexity index is 2590. The number of ketones is 1. The van der Waals surface area contributed by atoms with E-state index in [1.807, 2.05) is 45.2 Å². The Morgan fingerprint density at radius 1 is 0.800 bits per heavy atom. The molecular weight excluding hydrogens is 1010 g/mol. The summed E-state index contributed by atoms with van der Waals surface area (Å²) >= 11 is 1.90. The number of aliphatic hydroxyl groups excluding tert-OH is 1. The maximum atomic E-state index is 11.7. The van der Waals surface area contributed by atoms with Gasteiger partial charge < -0.3 is 5.11 Å². The summed E-state index contributed by atoms with van der Waals surface area (Å²) in [5.74, 6) is 1.16. The Balaban J connectivity index is 0.000000428. The second-order valence-electron chi connectivity index (χ2n) is 21.5. The molecule has 1 N–H and O–H groups in total. The molecule has 4 aromatic carbocycles. The van der Waals surface area contributed by atoms with E-state index in [9.17, 15) is 9.90 Å². The first-order valence-corrected chi connectivity index (χ1v) is 28.5. The number of aliphatic hydroxyl groups is 1. The molecule has 0 aliphatic carbocycles. The smallest absolute Gasteiger partial charge is 0.162 e. The molecule has 65 heavy (non-hydrogen) atoms. The summed E-state index contributed by atoms with van der Waals surface area (Å²) in [7, 11) is -1.05. The molecule has 0 bridgehead atoms. The molecule has 2 aromatic heterocycles. The summed E-state index contributed by atoms with van der Waals surface area (Å²) in [6.45, 7) is 31.7. The number of nitrogens with zero attached hydrogens (tertiary/aromatic N) is 1. The molecule has 3 nitrogen and oxygen atoms in total. The van der Waals surface area contributed by atoms with Gasteiger partial charge in [-0.05, 0) is 120 Å². The topological polar surface area (TPSA) is 50.2 Å². The zero-order valence-electron chi connectivity index (χ0n) is 42.0. The molecule has 0 atom stereocenters. The summed E-state index contributed by atoms with van der Waals surface area (Å²) < 4.78 is 1.26. The largest absolute Gasteiger partial charge is 0.512 e. The van der Waals surface area contributed by atoms with E-state index in [4.69, 9.17) is 4.98 Å². The van der Waals surface area contributed by atoms with Gasteiger partial charge in [0, 0.05) is 67.6 Å².